The second-order valence-corrected chi connectivity index (χ2v) is 5.46. The molecule has 0 aromatic heterocycles. The molecule has 1 aromatic carbocycles. The van der Waals surface area contributed by atoms with Gasteiger partial charge in [-0.05, 0) is 42.5 Å². The summed E-state index contributed by atoms with van der Waals surface area (Å²) in [6.07, 6.45) is 3.73. The molecule has 1 saturated heterocycles. The maximum atomic E-state index is 12.0. The zero-order valence-corrected chi connectivity index (χ0v) is 11.8. The van der Waals surface area contributed by atoms with Crippen LogP contribution in [0.1, 0.15) is 12.5 Å². The summed E-state index contributed by atoms with van der Waals surface area (Å²) < 4.78 is 5.63. The molecule has 0 unspecified atom stereocenters. The second kappa shape index (κ2) is 5.17. The minimum atomic E-state index is -0.220. The van der Waals surface area contributed by atoms with Crippen LogP contribution in [-0.4, -0.2) is 29.2 Å². The van der Waals surface area contributed by atoms with Crippen LogP contribution in [0.25, 0.3) is 6.08 Å². The summed E-state index contributed by atoms with van der Waals surface area (Å²) >= 11 is 0.983. The quantitative estimate of drug-likeness (QED) is 0.784. The van der Waals surface area contributed by atoms with Gasteiger partial charge in [0.2, 0.25) is 0 Å². The lowest BCUT2D eigenvalue weighted by molar-refractivity contribution is -0.122. The molecular formula is C15H13NO3S. The molecule has 0 bridgehead atoms. The van der Waals surface area contributed by atoms with Crippen molar-refractivity contribution in [2.75, 3.05) is 13.2 Å². The van der Waals surface area contributed by atoms with E-state index in [4.69, 9.17) is 4.74 Å². The molecule has 0 spiro atoms. The van der Waals surface area contributed by atoms with Gasteiger partial charge >= 0.3 is 0 Å². The fraction of sp³-hybridized carbons (Fsp3) is 0.200. The molecule has 0 saturated carbocycles. The Morgan fingerprint density at radius 1 is 1.35 bits per heavy atom. The number of hydrogen-bond donors (Lipinski definition) is 0. The number of ether oxygens (including phenoxy) is 1. The van der Waals surface area contributed by atoms with Crippen molar-refractivity contribution < 1.29 is 14.3 Å². The fourth-order valence-corrected chi connectivity index (χ4v) is 3.08. The van der Waals surface area contributed by atoms with Crippen LogP contribution in [0.15, 0.2) is 40.8 Å². The van der Waals surface area contributed by atoms with Gasteiger partial charge in [-0.1, -0.05) is 18.2 Å². The summed E-state index contributed by atoms with van der Waals surface area (Å²) in [7, 11) is 0. The largest absolute Gasteiger partial charge is 0.488 e. The van der Waals surface area contributed by atoms with E-state index in [9.17, 15) is 9.59 Å². The van der Waals surface area contributed by atoms with Crippen molar-refractivity contribution in [3.8, 4) is 5.75 Å². The predicted octanol–water partition coefficient (Wildman–Crippen LogP) is 3.06. The van der Waals surface area contributed by atoms with Gasteiger partial charge in [0.1, 0.15) is 12.4 Å². The number of hydrogen-bond acceptors (Lipinski definition) is 4. The van der Waals surface area contributed by atoms with Crippen molar-refractivity contribution in [2.24, 2.45) is 0 Å². The highest BCUT2D eigenvalue weighted by molar-refractivity contribution is 8.18. The van der Waals surface area contributed by atoms with E-state index in [1.807, 2.05) is 30.3 Å². The number of thioether (sulfide) groups is 1. The van der Waals surface area contributed by atoms with Crippen molar-refractivity contribution in [1.29, 1.82) is 0 Å². The van der Waals surface area contributed by atoms with Crippen molar-refractivity contribution in [1.82, 2.24) is 4.90 Å². The van der Waals surface area contributed by atoms with Gasteiger partial charge in [-0.3, -0.25) is 14.5 Å². The Hall–Kier alpha value is -2.01. The Bertz CT molecular complexity index is 648. The number of carbonyl (C=O) groups is 2. The minimum Gasteiger partial charge on any atom is -0.488 e. The highest BCUT2D eigenvalue weighted by atomic mass is 32.2. The van der Waals surface area contributed by atoms with Crippen LogP contribution in [0.5, 0.6) is 5.75 Å². The number of nitrogens with zero attached hydrogens (tertiary/aromatic N) is 1. The molecule has 5 heteroatoms. The van der Waals surface area contributed by atoms with Crippen LogP contribution in [0.2, 0.25) is 0 Å². The van der Waals surface area contributed by atoms with E-state index in [-0.39, 0.29) is 11.1 Å². The molecule has 0 radical (unpaired) electrons. The monoisotopic (exact) mass is 287 g/mol. The van der Waals surface area contributed by atoms with E-state index < -0.39 is 0 Å². The summed E-state index contributed by atoms with van der Waals surface area (Å²) in [5, 5.41) is -0.207. The molecule has 1 fully saturated rings. The molecule has 2 amide bonds. The molecule has 1 aromatic rings. The van der Waals surface area contributed by atoms with Gasteiger partial charge in [0.15, 0.2) is 0 Å². The average Bonchev–Trinajstić information content (AvgIpc) is 2.73. The number of imide groups is 1. The minimum absolute atomic E-state index is 0.207. The van der Waals surface area contributed by atoms with Crippen molar-refractivity contribution in [2.45, 2.75) is 6.92 Å². The second-order valence-electron chi connectivity index (χ2n) is 4.47. The first kappa shape index (κ1) is 13.0. The van der Waals surface area contributed by atoms with Gasteiger partial charge in [-0.15, -0.1) is 0 Å². The summed E-state index contributed by atoms with van der Waals surface area (Å²) in [5.74, 6) is 0.619. The third-order valence-corrected chi connectivity index (χ3v) is 4.07. The maximum Gasteiger partial charge on any atom is 0.293 e. The van der Waals surface area contributed by atoms with Gasteiger partial charge in [-0.2, -0.15) is 0 Å². The van der Waals surface area contributed by atoms with E-state index >= 15 is 0 Å². The zero-order valence-electron chi connectivity index (χ0n) is 11.0. The average molecular weight is 287 g/mol. The molecule has 0 atom stereocenters. The van der Waals surface area contributed by atoms with Gasteiger partial charge in [-0.25, -0.2) is 0 Å². The third-order valence-electron chi connectivity index (χ3n) is 3.16. The van der Waals surface area contributed by atoms with Crippen LogP contribution in [0.3, 0.4) is 0 Å². The Morgan fingerprint density at radius 2 is 2.15 bits per heavy atom. The van der Waals surface area contributed by atoms with Gasteiger partial charge in [0, 0.05) is 12.1 Å². The Labute approximate surface area is 121 Å². The first-order valence-corrected chi connectivity index (χ1v) is 7.18. The standard InChI is InChI=1S/C15H13NO3S/c1-2-16-14(17)13(20-15(16)18)8-10-7-11-5-3-4-6-12(11)19-9-10/h3-8H,2,9H2,1H3/b13-8-. The van der Waals surface area contributed by atoms with Crippen LogP contribution in [0.4, 0.5) is 4.79 Å². The number of carbonyl (C=O) groups excluding carboxylic acids is 2. The van der Waals surface area contributed by atoms with Gasteiger partial charge in [0.25, 0.3) is 11.1 Å². The SMILES string of the molecule is CCN1C(=O)S/C(=C\C2=Cc3ccccc3OC2)C1=O. The topological polar surface area (TPSA) is 46.6 Å². The predicted molar refractivity (Wildman–Crippen MR) is 78.4 cm³/mol. The van der Waals surface area contributed by atoms with Gasteiger partial charge in [0.05, 0.1) is 4.91 Å². The van der Waals surface area contributed by atoms with Crippen LogP contribution < -0.4 is 4.74 Å². The van der Waals surface area contributed by atoms with Crippen LogP contribution >= 0.6 is 11.8 Å². The number of para-hydroxylation sites is 1. The highest BCUT2D eigenvalue weighted by Crippen LogP contribution is 2.33. The summed E-state index contributed by atoms with van der Waals surface area (Å²) in [6.45, 7) is 2.60. The van der Waals surface area contributed by atoms with Gasteiger partial charge < -0.3 is 4.74 Å². The smallest absolute Gasteiger partial charge is 0.293 e. The van der Waals surface area contributed by atoms with Crippen LogP contribution in [-0.2, 0) is 4.79 Å². The molecule has 2 heterocycles. The van der Waals surface area contributed by atoms with E-state index in [0.717, 1.165) is 28.6 Å². The lowest BCUT2D eigenvalue weighted by atomic mass is 10.1. The molecular weight excluding hydrogens is 274 g/mol. The van der Waals surface area contributed by atoms with Crippen molar-refractivity contribution in [3.63, 3.8) is 0 Å². The van der Waals surface area contributed by atoms with E-state index in [1.54, 1.807) is 13.0 Å². The van der Waals surface area contributed by atoms with E-state index in [1.165, 1.54) is 4.90 Å². The molecule has 2 aliphatic heterocycles. The fourth-order valence-electron chi connectivity index (χ4n) is 2.16. The summed E-state index contributed by atoms with van der Waals surface area (Å²) in [5.41, 5.74) is 1.88. The maximum absolute atomic E-state index is 12.0. The van der Waals surface area contributed by atoms with E-state index in [0.29, 0.717) is 18.1 Å². The number of rotatable bonds is 2. The normalized spacial score (nSPS) is 19.9. The molecule has 0 N–H and O–H groups in total. The van der Waals surface area contributed by atoms with Crippen LogP contribution in [0, 0.1) is 0 Å². The number of amides is 2. The first-order chi connectivity index (χ1) is 9.69. The third kappa shape index (κ3) is 2.25. The Morgan fingerprint density at radius 3 is 2.90 bits per heavy atom. The molecule has 4 nitrogen and oxygen atoms in total. The van der Waals surface area contributed by atoms with Crippen molar-refractivity contribution in [3.05, 3.63) is 46.4 Å². The number of benzene rings is 1. The summed E-state index contributed by atoms with van der Waals surface area (Å²) in [6, 6.07) is 7.73. The molecule has 20 heavy (non-hydrogen) atoms. The van der Waals surface area contributed by atoms with E-state index in [2.05, 4.69) is 0 Å². The molecule has 102 valence electrons. The number of fused-ring (bicyclic) bond motifs is 1. The number of likely N-dealkylation sites (N-methyl/N-ethyl adjacent to an activating group) is 1. The zero-order chi connectivity index (χ0) is 14.1. The van der Waals surface area contributed by atoms with Crippen molar-refractivity contribution >= 4 is 29.0 Å². The lowest BCUT2D eigenvalue weighted by Gasteiger charge is -2.15. The summed E-state index contributed by atoms with van der Waals surface area (Å²) in [4.78, 5) is 25.4. The first-order valence-electron chi connectivity index (χ1n) is 6.37. The lowest BCUT2D eigenvalue weighted by Crippen LogP contribution is -2.27. The molecule has 0 aliphatic carbocycles. The Balaban J connectivity index is 1.89. The molecule has 2 aliphatic rings. The highest BCUT2D eigenvalue weighted by Gasteiger charge is 2.33. The Kier molecular flexibility index (Phi) is 3.36. The molecule has 3 rings (SSSR count).